The lowest BCUT2D eigenvalue weighted by molar-refractivity contribution is 0.471. The number of rotatable bonds is 1. The molecular weight excluding hydrogens is 220 g/mol. The van der Waals surface area contributed by atoms with E-state index < -0.39 is 0 Å². The molecule has 0 unspecified atom stereocenters. The Morgan fingerprint density at radius 1 is 1.00 bits per heavy atom. The maximum absolute atomic E-state index is 9.66. The predicted octanol–water partition coefficient (Wildman–Crippen LogP) is 4.33. The van der Waals surface area contributed by atoms with Gasteiger partial charge in [-0.05, 0) is 42.7 Å². The fourth-order valence-electron chi connectivity index (χ4n) is 1.63. The highest BCUT2D eigenvalue weighted by Crippen LogP contribution is 2.31. The molecule has 2 aromatic rings. The molecule has 0 aliphatic carbocycles. The summed E-state index contributed by atoms with van der Waals surface area (Å²) in [6, 6.07) is 11.5. The second kappa shape index (κ2) is 4.18. The van der Waals surface area contributed by atoms with Crippen LogP contribution in [0.3, 0.4) is 0 Å². The van der Waals surface area contributed by atoms with Crippen molar-refractivity contribution in [1.82, 2.24) is 0 Å². The van der Waals surface area contributed by atoms with Crippen LogP contribution in [0, 0.1) is 13.8 Å². The summed E-state index contributed by atoms with van der Waals surface area (Å²) >= 11 is 6.17. The summed E-state index contributed by atoms with van der Waals surface area (Å²) in [7, 11) is 0. The second-order valence-electron chi connectivity index (χ2n) is 3.98. The summed E-state index contributed by atoms with van der Waals surface area (Å²) in [5.41, 5.74) is 3.88. The van der Waals surface area contributed by atoms with Crippen molar-refractivity contribution in [2.75, 3.05) is 0 Å². The Morgan fingerprint density at radius 2 is 1.75 bits per heavy atom. The summed E-state index contributed by atoms with van der Waals surface area (Å²) in [6.07, 6.45) is 0. The van der Waals surface area contributed by atoms with Crippen molar-refractivity contribution in [3.63, 3.8) is 0 Å². The molecule has 0 radical (unpaired) electrons. The molecule has 0 amide bonds. The highest BCUT2D eigenvalue weighted by molar-refractivity contribution is 6.33. The number of aromatic hydroxyl groups is 1. The lowest BCUT2D eigenvalue weighted by atomic mass is 10.0. The third-order valence-corrected chi connectivity index (χ3v) is 2.96. The summed E-state index contributed by atoms with van der Waals surface area (Å²) in [6.45, 7) is 3.87. The third-order valence-electron chi connectivity index (χ3n) is 2.64. The molecule has 0 aliphatic heterocycles. The number of phenols is 1. The van der Waals surface area contributed by atoms with Crippen LogP contribution in [-0.4, -0.2) is 5.11 Å². The van der Waals surface area contributed by atoms with Crippen molar-refractivity contribution in [3.05, 3.63) is 52.5 Å². The van der Waals surface area contributed by atoms with Gasteiger partial charge in [0, 0.05) is 10.6 Å². The lowest BCUT2D eigenvalue weighted by Gasteiger charge is -2.07. The van der Waals surface area contributed by atoms with Crippen molar-refractivity contribution in [2.45, 2.75) is 13.8 Å². The van der Waals surface area contributed by atoms with Crippen LogP contribution in [0.15, 0.2) is 36.4 Å². The fraction of sp³-hybridized carbons (Fsp3) is 0.143. The SMILES string of the molecule is Cc1ccc(-c2ccc(C)c(O)c2)c(Cl)c1. The van der Waals surface area contributed by atoms with Gasteiger partial charge < -0.3 is 5.11 Å². The second-order valence-corrected chi connectivity index (χ2v) is 4.39. The van der Waals surface area contributed by atoms with Crippen LogP contribution in [0.4, 0.5) is 0 Å². The first kappa shape index (κ1) is 11.0. The van der Waals surface area contributed by atoms with Crippen molar-refractivity contribution >= 4 is 11.6 Å². The van der Waals surface area contributed by atoms with Crippen LogP contribution in [-0.2, 0) is 0 Å². The third kappa shape index (κ3) is 2.05. The molecule has 0 heterocycles. The topological polar surface area (TPSA) is 20.2 Å². The van der Waals surface area contributed by atoms with Crippen LogP contribution in [0.2, 0.25) is 5.02 Å². The Hall–Kier alpha value is -1.47. The Balaban J connectivity index is 2.54. The first-order valence-corrected chi connectivity index (χ1v) is 5.52. The Kier molecular flexibility index (Phi) is 2.88. The number of hydrogen-bond acceptors (Lipinski definition) is 1. The highest BCUT2D eigenvalue weighted by Gasteiger charge is 2.05. The molecule has 0 saturated heterocycles. The van der Waals surface area contributed by atoms with Gasteiger partial charge in [-0.3, -0.25) is 0 Å². The van der Waals surface area contributed by atoms with E-state index in [2.05, 4.69) is 0 Å². The van der Waals surface area contributed by atoms with E-state index in [9.17, 15) is 5.11 Å². The number of benzene rings is 2. The zero-order chi connectivity index (χ0) is 11.7. The first-order chi connectivity index (χ1) is 7.58. The molecule has 2 rings (SSSR count). The van der Waals surface area contributed by atoms with Gasteiger partial charge in [-0.1, -0.05) is 35.9 Å². The average molecular weight is 233 g/mol. The van der Waals surface area contributed by atoms with Gasteiger partial charge in [-0.2, -0.15) is 0 Å². The minimum Gasteiger partial charge on any atom is -0.508 e. The van der Waals surface area contributed by atoms with E-state index in [1.165, 1.54) is 0 Å². The molecule has 1 nitrogen and oxygen atoms in total. The van der Waals surface area contributed by atoms with Crippen LogP contribution in [0.25, 0.3) is 11.1 Å². The van der Waals surface area contributed by atoms with E-state index in [0.717, 1.165) is 22.3 Å². The van der Waals surface area contributed by atoms with E-state index >= 15 is 0 Å². The van der Waals surface area contributed by atoms with Gasteiger partial charge >= 0.3 is 0 Å². The van der Waals surface area contributed by atoms with Gasteiger partial charge in [0.2, 0.25) is 0 Å². The Labute approximate surface area is 100 Å². The molecule has 0 fully saturated rings. The van der Waals surface area contributed by atoms with Gasteiger partial charge in [-0.25, -0.2) is 0 Å². The molecule has 16 heavy (non-hydrogen) atoms. The summed E-state index contributed by atoms with van der Waals surface area (Å²) in [4.78, 5) is 0. The number of halogens is 1. The van der Waals surface area contributed by atoms with Gasteiger partial charge in [0.25, 0.3) is 0 Å². The van der Waals surface area contributed by atoms with Gasteiger partial charge in [-0.15, -0.1) is 0 Å². The van der Waals surface area contributed by atoms with Crippen LogP contribution < -0.4 is 0 Å². The molecule has 0 bridgehead atoms. The largest absolute Gasteiger partial charge is 0.508 e. The van der Waals surface area contributed by atoms with Crippen molar-refractivity contribution in [3.8, 4) is 16.9 Å². The van der Waals surface area contributed by atoms with Crippen molar-refractivity contribution in [2.24, 2.45) is 0 Å². The Morgan fingerprint density at radius 3 is 2.38 bits per heavy atom. The predicted molar refractivity (Wildman–Crippen MR) is 68.0 cm³/mol. The molecule has 0 aliphatic rings. The molecule has 2 heteroatoms. The molecule has 0 atom stereocenters. The molecule has 0 spiro atoms. The number of phenolic OH excluding ortho intramolecular Hbond substituents is 1. The van der Waals surface area contributed by atoms with E-state index in [4.69, 9.17) is 11.6 Å². The quantitative estimate of drug-likeness (QED) is 0.776. The Bertz CT molecular complexity index is 532. The fourth-order valence-corrected chi connectivity index (χ4v) is 1.98. The zero-order valence-corrected chi connectivity index (χ0v) is 10.0. The molecule has 2 aromatic carbocycles. The van der Waals surface area contributed by atoms with E-state index in [-0.39, 0.29) is 0 Å². The summed E-state index contributed by atoms with van der Waals surface area (Å²) in [5, 5.41) is 10.4. The standard InChI is InChI=1S/C14H13ClO/c1-9-3-6-12(13(15)7-9)11-5-4-10(2)14(16)8-11/h3-8,16H,1-2H3. The molecule has 1 N–H and O–H groups in total. The average Bonchev–Trinajstić information content (AvgIpc) is 2.22. The molecular formula is C14H13ClO. The normalized spacial score (nSPS) is 10.4. The van der Waals surface area contributed by atoms with Crippen LogP contribution in [0.5, 0.6) is 5.75 Å². The van der Waals surface area contributed by atoms with Gasteiger partial charge in [0.15, 0.2) is 0 Å². The lowest BCUT2D eigenvalue weighted by Crippen LogP contribution is -1.82. The van der Waals surface area contributed by atoms with E-state index in [0.29, 0.717) is 10.8 Å². The van der Waals surface area contributed by atoms with Crippen molar-refractivity contribution in [1.29, 1.82) is 0 Å². The maximum atomic E-state index is 9.66. The van der Waals surface area contributed by atoms with Crippen molar-refractivity contribution < 1.29 is 5.11 Å². The molecule has 82 valence electrons. The van der Waals surface area contributed by atoms with Crippen LogP contribution >= 0.6 is 11.6 Å². The number of hydrogen-bond donors (Lipinski definition) is 1. The maximum Gasteiger partial charge on any atom is 0.119 e. The van der Waals surface area contributed by atoms with E-state index in [1.807, 2.05) is 44.2 Å². The summed E-state index contributed by atoms with van der Waals surface area (Å²) < 4.78 is 0. The summed E-state index contributed by atoms with van der Waals surface area (Å²) in [5.74, 6) is 0.300. The van der Waals surface area contributed by atoms with Gasteiger partial charge in [0.05, 0.1) is 0 Å². The molecule has 0 saturated carbocycles. The molecule has 0 aromatic heterocycles. The zero-order valence-electron chi connectivity index (χ0n) is 9.29. The first-order valence-electron chi connectivity index (χ1n) is 5.14. The highest BCUT2D eigenvalue weighted by atomic mass is 35.5. The van der Waals surface area contributed by atoms with E-state index in [1.54, 1.807) is 6.07 Å². The van der Waals surface area contributed by atoms with Crippen LogP contribution in [0.1, 0.15) is 11.1 Å². The number of aryl methyl sites for hydroxylation is 2. The minimum atomic E-state index is 0.300. The monoisotopic (exact) mass is 232 g/mol. The van der Waals surface area contributed by atoms with Gasteiger partial charge in [0.1, 0.15) is 5.75 Å². The smallest absolute Gasteiger partial charge is 0.119 e. The minimum absolute atomic E-state index is 0.300.